The number of hydrogen-bond acceptors (Lipinski definition) is 2. The molecule has 1 amide bonds. The molecule has 0 unspecified atom stereocenters. The van der Waals surface area contributed by atoms with Crippen LogP contribution in [-0.2, 0) is 11.2 Å². The van der Waals surface area contributed by atoms with Crippen molar-refractivity contribution >= 4 is 11.6 Å². The molecule has 0 saturated carbocycles. The van der Waals surface area contributed by atoms with Crippen LogP contribution in [0.25, 0.3) is 0 Å². The number of amides is 1. The monoisotopic (exact) mass is 231 g/mol. The molecular formula is C10H8F3NO2. The molecule has 0 fully saturated rings. The number of nitrogens with one attached hydrogen (secondary N) is 1. The number of carbonyl (C=O) groups excluding carboxylic acids is 1. The third kappa shape index (κ3) is 2.26. The lowest BCUT2D eigenvalue weighted by Crippen LogP contribution is -2.19. The third-order valence-electron chi connectivity index (χ3n) is 2.12. The predicted molar refractivity (Wildman–Crippen MR) is 50.3 cm³/mol. The Morgan fingerprint density at radius 3 is 2.81 bits per heavy atom. The quantitative estimate of drug-likeness (QED) is 0.846. The van der Waals surface area contributed by atoms with E-state index in [1.165, 1.54) is 6.07 Å². The second-order valence-electron chi connectivity index (χ2n) is 3.42. The van der Waals surface area contributed by atoms with E-state index in [9.17, 15) is 18.0 Å². The molecule has 1 N–H and O–H groups in total. The summed E-state index contributed by atoms with van der Waals surface area (Å²) in [5.74, 6) is -0.182. The molecule has 16 heavy (non-hydrogen) atoms. The number of ether oxygens (including phenoxy) is 1. The number of fused-ring (bicyclic) bond motifs is 1. The van der Waals surface area contributed by atoms with Gasteiger partial charge in [0.1, 0.15) is 5.75 Å². The molecule has 0 aliphatic carbocycles. The average Bonchev–Trinajstić information content (AvgIpc) is 2.54. The first-order valence-electron chi connectivity index (χ1n) is 4.57. The highest BCUT2D eigenvalue weighted by molar-refractivity contribution is 6.00. The highest BCUT2D eigenvalue weighted by Gasteiger charge is 2.30. The van der Waals surface area contributed by atoms with Gasteiger partial charge in [-0.3, -0.25) is 4.79 Å². The van der Waals surface area contributed by atoms with Crippen LogP contribution >= 0.6 is 0 Å². The Hall–Kier alpha value is -1.72. The van der Waals surface area contributed by atoms with Crippen LogP contribution in [0, 0.1) is 0 Å². The van der Waals surface area contributed by atoms with Crippen LogP contribution in [-0.4, -0.2) is 18.7 Å². The SMILES string of the molecule is O=C1Cc2cccc(OCC(F)(F)F)c2N1. The topological polar surface area (TPSA) is 38.3 Å². The summed E-state index contributed by atoms with van der Waals surface area (Å²) in [4.78, 5) is 11.1. The summed E-state index contributed by atoms with van der Waals surface area (Å²) in [5.41, 5.74) is 1.00. The zero-order valence-electron chi connectivity index (χ0n) is 8.10. The van der Waals surface area contributed by atoms with Crippen LogP contribution in [0.15, 0.2) is 18.2 Å². The maximum Gasteiger partial charge on any atom is 0.422 e. The maximum atomic E-state index is 12.0. The number of para-hydroxylation sites is 1. The zero-order valence-corrected chi connectivity index (χ0v) is 8.10. The molecule has 0 atom stereocenters. The van der Waals surface area contributed by atoms with E-state index in [0.717, 1.165) is 0 Å². The minimum atomic E-state index is -4.38. The van der Waals surface area contributed by atoms with Gasteiger partial charge >= 0.3 is 6.18 Å². The first kappa shape index (κ1) is 10.8. The van der Waals surface area contributed by atoms with E-state index in [4.69, 9.17) is 0 Å². The van der Waals surface area contributed by atoms with Gasteiger partial charge in [-0.2, -0.15) is 13.2 Å². The fraction of sp³-hybridized carbons (Fsp3) is 0.300. The number of hydrogen-bond donors (Lipinski definition) is 1. The first-order valence-corrected chi connectivity index (χ1v) is 4.57. The predicted octanol–water partition coefficient (Wildman–Crippen LogP) is 2.12. The Balaban J connectivity index is 2.17. The van der Waals surface area contributed by atoms with Crippen molar-refractivity contribution < 1.29 is 22.7 Å². The Labute approximate surface area is 89.2 Å². The van der Waals surface area contributed by atoms with E-state index in [-0.39, 0.29) is 18.1 Å². The molecule has 3 nitrogen and oxygen atoms in total. The van der Waals surface area contributed by atoms with Crippen molar-refractivity contribution in [2.45, 2.75) is 12.6 Å². The molecule has 0 spiro atoms. The molecule has 1 aromatic rings. The number of anilines is 1. The number of alkyl halides is 3. The lowest BCUT2D eigenvalue weighted by Gasteiger charge is -2.11. The highest BCUT2D eigenvalue weighted by atomic mass is 19.4. The largest absolute Gasteiger partial charge is 0.482 e. The summed E-state index contributed by atoms with van der Waals surface area (Å²) in [6.07, 6.45) is -4.20. The van der Waals surface area contributed by atoms with Crippen LogP contribution in [0.2, 0.25) is 0 Å². The molecule has 0 saturated heterocycles. The van der Waals surface area contributed by atoms with E-state index < -0.39 is 12.8 Å². The Morgan fingerprint density at radius 1 is 1.38 bits per heavy atom. The van der Waals surface area contributed by atoms with Gasteiger partial charge in [-0.15, -0.1) is 0 Å². The summed E-state index contributed by atoms with van der Waals surface area (Å²) < 4.78 is 40.5. The second kappa shape index (κ2) is 3.70. The Bertz CT molecular complexity index is 429. The van der Waals surface area contributed by atoms with Crippen molar-refractivity contribution in [1.29, 1.82) is 0 Å². The van der Waals surface area contributed by atoms with Gasteiger partial charge in [0.05, 0.1) is 12.1 Å². The lowest BCUT2D eigenvalue weighted by atomic mass is 10.1. The van der Waals surface area contributed by atoms with Crippen molar-refractivity contribution in [3.05, 3.63) is 23.8 Å². The molecule has 1 aliphatic heterocycles. The lowest BCUT2D eigenvalue weighted by molar-refractivity contribution is -0.153. The summed E-state index contributed by atoms with van der Waals surface area (Å²) >= 11 is 0. The van der Waals surface area contributed by atoms with Gasteiger partial charge in [0, 0.05) is 0 Å². The standard InChI is InChI=1S/C10H8F3NO2/c11-10(12,13)5-16-7-3-1-2-6-4-8(15)14-9(6)7/h1-3H,4-5H2,(H,14,15). The smallest absolute Gasteiger partial charge is 0.422 e. The number of rotatable bonds is 2. The van der Waals surface area contributed by atoms with E-state index in [2.05, 4.69) is 10.1 Å². The van der Waals surface area contributed by atoms with Crippen molar-refractivity contribution in [1.82, 2.24) is 0 Å². The minimum Gasteiger partial charge on any atom is -0.482 e. The molecule has 2 rings (SSSR count). The van der Waals surface area contributed by atoms with Gasteiger partial charge in [0.15, 0.2) is 6.61 Å². The van der Waals surface area contributed by atoms with Gasteiger partial charge in [-0.25, -0.2) is 0 Å². The molecule has 6 heteroatoms. The van der Waals surface area contributed by atoms with Gasteiger partial charge in [-0.1, -0.05) is 12.1 Å². The number of carbonyl (C=O) groups is 1. The molecule has 0 aromatic heterocycles. The van der Waals surface area contributed by atoms with Crippen LogP contribution in [0.5, 0.6) is 5.75 Å². The highest BCUT2D eigenvalue weighted by Crippen LogP contribution is 2.33. The van der Waals surface area contributed by atoms with Gasteiger partial charge < -0.3 is 10.1 Å². The van der Waals surface area contributed by atoms with Gasteiger partial charge in [-0.05, 0) is 11.6 Å². The molecule has 1 heterocycles. The van der Waals surface area contributed by atoms with Crippen LogP contribution in [0.1, 0.15) is 5.56 Å². The molecule has 0 radical (unpaired) electrons. The van der Waals surface area contributed by atoms with Crippen molar-refractivity contribution in [3.8, 4) is 5.75 Å². The van der Waals surface area contributed by atoms with Crippen molar-refractivity contribution in [2.24, 2.45) is 0 Å². The number of benzene rings is 1. The van der Waals surface area contributed by atoms with Gasteiger partial charge in [0.2, 0.25) is 5.91 Å². The molecular weight excluding hydrogens is 223 g/mol. The number of halogens is 3. The third-order valence-corrected chi connectivity index (χ3v) is 2.12. The zero-order chi connectivity index (χ0) is 11.8. The molecule has 86 valence electrons. The summed E-state index contributed by atoms with van der Waals surface area (Å²) in [6, 6.07) is 4.63. The summed E-state index contributed by atoms with van der Waals surface area (Å²) in [7, 11) is 0. The van der Waals surface area contributed by atoms with E-state index in [1.807, 2.05) is 0 Å². The van der Waals surface area contributed by atoms with Crippen LogP contribution in [0.4, 0.5) is 18.9 Å². The Kier molecular flexibility index (Phi) is 2.49. The summed E-state index contributed by atoms with van der Waals surface area (Å²) in [6.45, 7) is -1.36. The van der Waals surface area contributed by atoms with E-state index in [0.29, 0.717) is 11.3 Å². The molecule has 1 aromatic carbocycles. The first-order chi connectivity index (χ1) is 7.46. The van der Waals surface area contributed by atoms with Crippen LogP contribution < -0.4 is 10.1 Å². The normalized spacial score (nSPS) is 14.6. The fourth-order valence-electron chi connectivity index (χ4n) is 1.50. The Morgan fingerprint density at radius 2 is 2.12 bits per heavy atom. The second-order valence-corrected chi connectivity index (χ2v) is 3.42. The van der Waals surface area contributed by atoms with Crippen molar-refractivity contribution in [2.75, 3.05) is 11.9 Å². The molecule has 0 bridgehead atoms. The fourth-order valence-corrected chi connectivity index (χ4v) is 1.50. The van der Waals surface area contributed by atoms with E-state index >= 15 is 0 Å². The van der Waals surface area contributed by atoms with Crippen molar-refractivity contribution in [3.63, 3.8) is 0 Å². The maximum absolute atomic E-state index is 12.0. The minimum absolute atomic E-state index is 0.0562. The average molecular weight is 231 g/mol. The van der Waals surface area contributed by atoms with Gasteiger partial charge in [0.25, 0.3) is 0 Å². The summed E-state index contributed by atoms with van der Waals surface area (Å²) in [5, 5.41) is 2.47. The molecule has 1 aliphatic rings. The van der Waals surface area contributed by atoms with Crippen LogP contribution in [0.3, 0.4) is 0 Å². The van der Waals surface area contributed by atoms with E-state index in [1.54, 1.807) is 12.1 Å².